The van der Waals surface area contributed by atoms with Gasteiger partial charge in [0.2, 0.25) is 0 Å². The molecule has 0 atom stereocenters. The zero-order chi connectivity index (χ0) is 15.4. The molecule has 0 heterocycles. The Labute approximate surface area is 129 Å². The first-order valence-corrected chi connectivity index (χ1v) is 6.96. The maximum Gasteiger partial charge on any atom is 0.124 e. The largest absolute Gasteiger partial charge is 0.507 e. The molecule has 2 aromatic carbocycles. The standard InChI is InChI=1S/C16H19ClN2O2/c1-19(2)16-13(17)5-4-6-14(16)18-10-11-7-8-12(21-3)9-15(11)20/h4-9,18,20H,10H2,1-3H3. The molecule has 2 N–H and O–H groups in total. The van der Waals surface area contributed by atoms with Crippen molar-refractivity contribution in [1.82, 2.24) is 0 Å². The molecule has 0 aromatic heterocycles. The molecule has 2 rings (SSSR count). The number of aromatic hydroxyl groups is 1. The number of rotatable bonds is 5. The molecule has 0 amide bonds. The van der Waals surface area contributed by atoms with Crippen LogP contribution in [-0.2, 0) is 6.54 Å². The highest BCUT2D eigenvalue weighted by atomic mass is 35.5. The third kappa shape index (κ3) is 3.52. The second-order valence-electron chi connectivity index (χ2n) is 4.88. The molecule has 0 aliphatic heterocycles. The van der Waals surface area contributed by atoms with Gasteiger partial charge < -0.3 is 20.1 Å². The summed E-state index contributed by atoms with van der Waals surface area (Å²) in [6.45, 7) is 0.497. The predicted molar refractivity (Wildman–Crippen MR) is 87.8 cm³/mol. The van der Waals surface area contributed by atoms with Crippen molar-refractivity contribution in [2.75, 3.05) is 31.4 Å². The quantitative estimate of drug-likeness (QED) is 0.883. The smallest absolute Gasteiger partial charge is 0.124 e. The van der Waals surface area contributed by atoms with E-state index in [1.54, 1.807) is 13.2 Å². The van der Waals surface area contributed by atoms with Crippen molar-refractivity contribution in [1.29, 1.82) is 0 Å². The lowest BCUT2D eigenvalue weighted by molar-refractivity contribution is 0.406. The minimum absolute atomic E-state index is 0.204. The van der Waals surface area contributed by atoms with Gasteiger partial charge in [-0.3, -0.25) is 0 Å². The van der Waals surface area contributed by atoms with Gasteiger partial charge in [-0.2, -0.15) is 0 Å². The number of hydrogen-bond acceptors (Lipinski definition) is 4. The van der Waals surface area contributed by atoms with E-state index in [0.29, 0.717) is 17.3 Å². The summed E-state index contributed by atoms with van der Waals surface area (Å²) in [4.78, 5) is 1.96. The lowest BCUT2D eigenvalue weighted by atomic mass is 10.1. The summed E-state index contributed by atoms with van der Waals surface area (Å²) in [7, 11) is 5.45. The fourth-order valence-electron chi connectivity index (χ4n) is 2.12. The molecule has 2 aromatic rings. The van der Waals surface area contributed by atoms with Gasteiger partial charge in [-0.1, -0.05) is 17.7 Å². The first-order chi connectivity index (χ1) is 10.0. The number of halogens is 1. The van der Waals surface area contributed by atoms with Crippen molar-refractivity contribution >= 4 is 23.0 Å². The van der Waals surface area contributed by atoms with Crippen LogP contribution in [0.2, 0.25) is 5.02 Å². The summed E-state index contributed by atoms with van der Waals surface area (Å²) >= 11 is 6.23. The topological polar surface area (TPSA) is 44.7 Å². The number of ether oxygens (including phenoxy) is 1. The zero-order valence-corrected chi connectivity index (χ0v) is 13.1. The molecule has 5 heteroatoms. The minimum Gasteiger partial charge on any atom is -0.507 e. The molecular weight excluding hydrogens is 288 g/mol. The maximum absolute atomic E-state index is 9.98. The van der Waals surface area contributed by atoms with Crippen LogP contribution in [0.15, 0.2) is 36.4 Å². The molecule has 0 radical (unpaired) electrons. The average molecular weight is 307 g/mol. The number of methoxy groups -OCH3 is 1. The number of nitrogens with one attached hydrogen (secondary N) is 1. The molecule has 4 nitrogen and oxygen atoms in total. The zero-order valence-electron chi connectivity index (χ0n) is 12.4. The van der Waals surface area contributed by atoms with Gasteiger partial charge in [0.05, 0.1) is 23.5 Å². The Morgan fingerprint density at radius 3 is 2.62 bits per heavy atom. The fraction of sp³-hybridized carbons (Fsp3) is 0.250. The molecular formula is C16H19ClN2O2. The van der Waals surface area contributed by atoms with Gasteiger partial charge in [-0.25, -0.2) is 0 Å². The first-order valence-electron chi connectivity index (χ1n) is 6.58. The molecule has 0 aliphatic rings. The molecule has 0 fully saturated rings. The highest BCUT2D eigenvalue weighted by Gasteiger charge is 2.10. The van der Waals surface area contributed by atoms with Gasteiger partial charge in [0.25, 0.3) is 0 Å². The second-order valence-corrected chi connectivity index (χ2v) is 5.29. The third-order valence-electron chi connectivity index (χ3n) is 3.20. The van der Waals surface area contributed by atoms with Crippen LogP contribution < -0.4 is 15.0 Å². The van der Waals surface area contributed by atoms with E-state index in [0.717, 1.165) is 16.9 Å². The van der Waals surface area contributed by atoms with Crippen molar-refractivity contribution in [3.63, 3.8) is 0 Å². The highest BCUT2D eigenvalue weighted by Crippen LogP contribution is 2.33. The van der Waals surface area contributed by atoms with Gasteiger partial charge in [0, 0.05) is 32.3 Å². The van der Waals surface area contributed by atoms with E-state index < -0.39 is 0 Å². The third-order valence-corrected chi connectivity index (χ3v) is 3.50. The number of phenolic OH excluding ortho intramolecular Hbond substituents is 1. The van der Waals surface area contributed by atoms with Gasteiger partial charge in [-0.15, -0.1) is 0 Å². The van der Waals surface area contributed by atoms with Crippen molar-refractivity contribution < 1.29 is 9.84 Å². The Morgan fingerprint density at radius 2 is 2.00 bits per heavy atom. The monoisotopic (exact) mass is 306 g/mol. The molecule has 0 unspecified atom stereocenters. The number of hydrogen-bond donors (Lipinski definition) is 2. The average Bonchev–Trinajstić information content (AvgIpc) is 2.45. The van der Waals surface area contributed by atoms with Crippen LogP contribution in [0.3, 0.4) is 0 Å². The molecule has 0 saturated heterocycles. The normalized spacial score (nSPS) is 10.3. The predicted octanol–water partition coefficient (Wildman–Crippen LogP) is 3.73. The molecule has 0 saturated carbocycles. The van der Waals surface area contributed by atoms with Crippen LogP contribution in [0.25, 0.3) is 0 Å². The highest BCUT2D eigenvalue weighted by molar-refractivity contribution is 6.34. The number of phenols is 1. The Kier molecular flexibility index (Phi) is 4.81. The summed E-state index contributed by atoms with van der Waals surface area (Å²) in [5, 5.41) is 14.0. The van der Waals surface area contributed by atoms with E-state index in [9.17, 15) is 5.11 Å². The molecule has 0 spiro atoms. The van der Waals surface area contributed by atoms with E-state index >= 15 is 0 Å². The van der Waals surface area contributed by atoms with Crippen molar-refractivity contribution in [3.8, 4) is 11.5 Å². The van der Waals surface area contributed by atoms with Crippen LogP contribution in [-0.4, -0.2) is 26.3 Å². The Morgan fingerprint density at radius 1 is 1.24 bits per heavy atom. The van der Waals surface area contributed by atoms with Crippen LogP contribution in [0.1, 0.15) is 5.56 Å². The maximum atomic E-state index is 9.98. The van der Waals surface area contributed by atoms with Gasteiger partial charge in [0.1, 0.15) is 11.5 Å². The lowest BCUT2D eigenvalue weighted by Crippen LogP contribution is -2.12. The number of nitrogens with zero attached hydrogens (tertiary/aromatic N) is 1. The van der Waals surface area contributed by atoms with Gasteiger partial charge >= 0.3 is 0 Å². The number of para-hydroxylation sites is 1. The van der Waals surface area contributed by atoms with E-state index in [4.69, 9.17) is 16.3 Å². The van der Waals surface area contributed by atoms with Gasteiger partial charge in [-0.05, 0) is 24.3 Å². The molecule has 0 bridgehead atoms. The number of anilines is 2. The van der Waals surface area contributed by atoms with Crippen molar-refractivity contribution in [3.05, 3.63) is 47.0 Å². The summed E-state index contributed by atoms with van der Waals surface area (Å²) in [6.07, 6.45) is 0. The SMILES string of the molecule is COc1ccc(CNc2cccc(Cl)c2N(C)C)c(O)c1. The molecule has 0 aliphatic carbocycles. The van der Waals surface area contributed by atoms with Crippen LogP contribution >= 0.6 is 11.6 Å². The van der Waals surface area contributed by atoms with Crippen molar-refractivity contribution in [2.45, 2.75) is 6.54 Å². The fourth-order valence-corrected chi connectivity index (χ4v) is 2.47. The summed E-state index contributed by atoms with van der Waals surface area (Å²) < 4.78 is 5.07. The Bertz CT molecular complexity index is 630. The Balaban J connectivity index is 2.19. The van der Waals surface area contributed by atoms with Gasteiger partial charge in [0.15, 0.2) is 0 Å². The lowest BCUT2D eigenvalue weighted by Gasteiger charge is -2.20. The van der Waals surface area contributed by atoms with Crippen molar-refractivity contribution in [2.24, 2.45) is 0 Å². The van der Waals surface area contributed by atoms with E-state index in [2.05, 4.69) is 5.32 Å². The first kappa shape index (κ1) is 15.3. The summed E-state index contributed by atoms with van der Waals surface area (Å²) in [6, 6.07) is 11.0. The van der Waals surface area contributed by atoms with E-state index in [-0.39, 0.29) is 5.75 Å². The number of benzene rings is 2. The minimum atomic E-state index is 0.204. The van der Waals surface area contributed by atoms with E-state index in [1.165, 1.54) is 0 Å². The van der Waals surface area contributed by atoms with Crippen LogP contribution in [0.5, 0.6) is 11.5 Å². The second kappa shape index (κ2) is 6.59. The molecule has 112 valence electrons. The molecule has 21 heavy (non-hydrogen) atoms. The van der Waals surface area contributed by atoms with E-state index in [1.807, 2.05) is 49.3 Å². The summed E-state index contributed by atoms with van der Waals surface area (Å²) in [5.41, 5.74) is 2.63. The van der Waals surface area contributed by atoms with Crippen LogP contribution in [0.4, 0.5) is 11.4 Å². The Hall–Kier alpha value is -2.07. The van der Waals surface area contributed by atoms with Crippen LogP contribution in [0, 0.1) is 0 Å². The summed E-state index contributed by atoms with van der Waals surface area (Å²) in [5.74, 6) is 0.836.